The highest BCUT2D eigenvalue weighted by Gasteiger charge is 2.14. The third-order valence-corrected chi connectivity index (χ3v) is 4.64. The van der Waals surface area contributed by atoms with Gasteiger partial charge in [0, 0.05) is 23.2 Å². The molecule has 4 aromatic rings. The summed E-state index contributed by atoms with van der Waals surface area (Å²) in [6.07, 6.45) is 3.82. The van der Waals surface area contributed by atoms with E-state index in [1.807, 2.05) is 30.6 Å². The summed E-state index contributed by atoms with van der Waals surface area (Å²) >= 11 is 3.66. The molecule has 108 valence electrons. The van der Waals surface area contributed by atoms with Crippen LogP contribution in [-0.2, 0) is 0 Å². The Kier molecular flexibility index (Phi) is 3.05. The number of hydrogen-bond donors (Lipinski definition) is 0. The Morgan fingerprint density at radius 1 is 0.955 bits per heavy atom. The summed E-state index contributed by atoms with van der Waals surface area (Å²) < 4.78 is 6.95. The third-order valence-electron chi connectivity index (χ3n) is 4.05. The van der Waals surface area contributed by atoms with Gasteiger partial charge in [-0.05, 0) is 70.2 Å². The highest BCUT2D eigenvalue weighted by molar-refractivity contribution is 9.10. The summed E-state index contributed by atoms with van der Waals surface area (Å²) in [5.74, 6) is 0. The minimum atomic E-state index is 0.898. The average molecular weight is 352 g/mol. The molecule has 0 atom stereocenters. The van der Waals surface area contributed by atoms with E-state index >= 15 is 0 Å². The SMILES string of the molecule is Cc1cncc(C)c1-c1cc(Br)c2oc3ccccc3c2c1. The molecule has 3 heteroatoms. The van der Waals surface area contributed by atoms with Crippen molar-refractivity contribution in [3.8, 4) is 11.1 Å². The largest absolute Gasteiger partial charge is 0.455 e. The van der Waals surface area contributed by atoms with E-state index in [9.17, 15) is 0 Å². The first-order valence-corrected chi connectivity index (χ1v) is 7.97. The van der Waals surface area contributed by atoms with Crippen molar-refractivity contribution in [2.75, 3.05) is 0 Å². The second-order valence-corrected chi connectivity index (χ2v) is 6.44. The lowest BCUT2D eigenvalue weighted by Gasteiger charge is -2.10. The molecule has 2 aromatic heterocycles. The van der Waals surface area contributed by atoms with Gasteiger partial charge in [0.1, 0.15) is 11.2 Å². The van der Waals surface area contributed by atoms with Crippen molar-refractivity contribution in [3.05, 3.63) is 64.4 Å². The fourth-order valence-corrected chi connectivity index (χ4v) is 3.63. The molecule has 22 heavy (non-hydrogen) atoms. The zero-order valence-corrected chi connectivity index (χ0v) is 13.9. The van der Waals surface area contributed by atoms with Gasteiger partial charge in [-0.1, -0.05) is 18.2 Å². The summed E-state index contributed by atoms with van der Waals surface area (Å²) in [6, 6.07) is 12.5. The Morgan fingerprint density at radius 2 is 1.68 bits per heavy atom. The molecule has 4 rings (SSSR count). The maximum absolute atomic E-state index is 5.98. The van der Waals surface area contributed by atoms with Crippen LogP contribution in [-0.4, -0.2) is 4.98 Å². The molecule has 0 fully saturated rings. The molecule has 0 bridgehead atoms. The zero-order chi connectivity index (χ0) is 15.3. The molecule has 0 spiro atoms. The Balaban J connectivity index is 2.10. The molecular formula is C19H14BrNO. The molecule has 0 saturated carbocycles. The number of aromatic nitrogens is 1. The number of benzene rings is 2. The Morgan fingerprint density at radius 3 is 2.45 bits per heavy atom. The number of aryl methyl sites for hydroxylation is 2. The lowest BCUT2D eigenvalue weighted by molar-refractivity contribution is 0.667. The number of pyridine rings is 1. The fraction of sp³-hybridized carbons (Fsp3) is 0.105. The minimum Gasteiger partial charge on any atom is -0.455 e. The van der Waals surface area contributed by atoms with Crippen LogP contribution in [0.5, 0.6) is 0 Å². The van der Waals surface area contributed by atoms with E-state index in [0.29, 0.717) is 0 Å². The van der Waals surface area contributed by atoms with Crippen LogP contribution < -0.4 is 0 Å². The van der Waals surface area contributed by atoms with E-state index in [-0.39, 0.29) is 0 Å². The molecule has 0 N–H and O–H groups in total. The van der Waals surface area contributed by atoms with Gasteiger partial charge in [0.05, 0.1) is 4.47 Å². The first-order chi connectivity index (χ1) is 10.6. The molecule has 0 aliphatic rings. The molecule has 0 unspecified atom stereocenters. The fourth-order valence-electron chi connectivity index (χ4n) is 3.09. The summed E-state index contributed by atoms with van der Waals surface area (Å²) in [7, 11) is 0. The number of fused-ring (bicyclic) bond motifs is 3. The first-order valence-electron chi connectivity index (χ1n) is 7.17. The molecule has 0 saturated heterocycles. The van der Waals surface area contributed by atoms with E-state index < -0.39 is 0 Å². The van der Waals surface area contributed by atoms with E-state index in [2.05, 4.69) is 53.0 Å². The summed E-state index contributed by atoms with van der Waals surface area (Å²) in [4.78, 5) is 4.26. The van der Waals surface area contributed by atoms with Crippen molar-refractivity contribution in [2.24, 2.45) is 0 Å². The number of para-hydroxylation sites is 1. The predicted molar refractivity (Wildman–Crippen MR) is 94.1 cm³/mol. The summed E-state index contributed by atoms with van der Waals surface area (Å²) in [6.45, 7) is 4.20. The molecule has 2 nitrogen and oxygen atoms in total. The average Bonchev–Trinajstić information content (AvgIpc) is 2.87. The highest BCUT2D eigenvalue weighted by Crippen LogP contribution is 2.38. The highest BCUT2D eigenvalue weighted by atomic mass is 79.9. The topological polar surface area (TPSA) is 26.0 Å². The predicted octanol–water partition coefficient (Wildman–Crippen LogP) is 6.03. The van der Waals surface area contributed by atoms with Gasteiger partial charge in [-0.25, -0.2) is 0 Å². The normalized spacial score (nSPS) is 11.4. The number of halogens is 1. The molecule has 0 amide bonds. The van der Waals surface area contributed by atoms with Gasteiger partial charge in [0.2, 0.25) is 0 Å². The van der Waals surface area contributed by atoms with Crippen molar-refractivity contribution >= 4 is 37.9 Å². The standard InChI is InChI=1S/C19H14BrNO/c1-11-9-21-10-12(2)18(11)13-7-15-14-5-3-4-6-17(14)22-19(15)16(20)8-13/h3-10H,1-2H3. The number of hydrogen-bond acceptors (Lipinski definition) is 2. The van der Waals surface area contributed by atoms with Crippen LogP contribution in [0.3, 0.4) is 0 Å². The van der Waals surface area contributed by atoms with E-state index in [4.69, 9.17) is 4.42 Å². The molecule has 0 aliphatic heterocycles. The summed E-state index contributed by atoms with van der Waals surface area (Å²) in [5, 5.41) is 2.28. The van der Waals surface area contributed by atoms with Gasteiger partial charge >= 0.3 is 0 Å². The van der Waals surface area contributed by atoms with Gasteiger partial charge in [-0.15, -0.1) is 0 Å². The van der Waals surface area contributed by atoms with E-state index in [1.165, 1.54) is 22.3 Å². The van der Waals surface area contributed by atoms with Crippen LogP contribution >= 0.6 is 15.9 Å². The quantitative estimate of drug-likeness (QED) is 0.418. The van der Waals surface area contributed by atoms with Gasteiger partial charge in [-0.3, -0.25) is 4.98 Å². The molecule has 2 heterocycles. The maximum atomic E-state index is 5.98. The Labute approximate surface area is 136 Å². The first kappa shape index (κ1) is 13.5. The second-order valence-electron chi connectivity index (χ2n) is 5.58. The Bertz CT molecular complexity index is 996. The lowest BCUT2D eigenvalue weighted by Crippen LogP contribution is -1.90. The van der Waals surface area contributed by atoms with E-state index in [0.717, 1.165) is 26.4 Å². The van der Waals surface area contributed by atoms with Crippen LogP contribution in [0.4, 0.5) is 0 Å². The third kappa shape index (κ3) is 1.97. The van der Waals surface area contributed by atoms with Crippen molar-refractivity contribution < 1.29 is 4.42 Å². The van der Waals surface area contributed by atoms with Gasteiger partial charge in [-0.2, -0.15) is 0 Å². The molecule has 0 aliphatic carbocycles. The maximum Gasteiger partial charge on any atom is 0.149 e. The molecule has 2 aromatic carbocycles. The summed E-state index contributed by atoms with van der Waals surface area (Å²) in [5.41, 5.74) is 6.59. The van der Waals surface area contributed by atoms with Crippen LogP contribution in [0.15, 0.2) is 57.7 Å². The van der Waals surface area contributed by atoms with Crippen molar-refractivity contribution in [1.82, 2.24) is 4.98 Å². The number of furan rings is 1. The van der Waals surface area contributed by atoms with Crippen molar-refractivity contribution in [3.63, 3.8) is 0 Å². The Hall–Kier alpha value is -2.13. The van der Waals surface area contributed by atoms with Crippen LogP contribution in [0.2, 0.25) is 0 Å². The minimum absolute atomic E-state index is 0.898. The molecular weight excluding hydrogens is 338 g/mol. The van der Waals surface area contributed by atoms with E-state index in [1.54, 1.807) is 0 Å². The van der Waals surface area contributed by atoms with Crippen molar-refractivity contribution in [1.29, 1.82) is 0 Å². The second kappa shape index (κ2) is 4.96. The number of rotatable bonds is 1. The van der Waals surface area contributed by atoms with Crippen molar-refractivity contribution in [2.45, 2.75) is 13.8 Å². The van der Waals surface area contributed by atoms with Gasteiger partial charge in [0.25, 0.3) is 0 Å². The van der Waals surface area contributed by atoms with Crippen LogP contribution in [0.1, 0.15) is 11.1 Å². The van der Waals surface area contributed by atoms with Gasteiger partial charge < -0.3 is 4.42 Å². The zero-order valence-electron chi connectivity index (χ0n) is 12.4. The smallest absolute Gasteiger partial charge is 0.149 e. The lowest BCUT2D eigenvalue weighted by atomic mass is 9.97. The van der Waals surface area contributed by atoms with Crippen LogP contribution in [0, 0.1) is 13.8 Å². The monoisotopic (exact) mass is 351 g/mol. The van der Waals surface area contributed by atoms with Gasteiger partial charge in [0.15, 0.2) is 0 Å². The molecule has 0 radical (unpaired) electrons. The number of nitrogens with zero attached hydrogens (tertiary/aromatic N) is 1. The van der Waals surface area contributed by atoms with Crippen LogP contribution in [0.25, 0.3) is 33.1 Å².